The standard InChI is InChI=1S/C10H10FNO3.ClH/c1-14-8-4-2-3-6(9(8)11)7-5-15-10(13)12-7;/h2-4,7H,5H2,1H3,(H,12,13);1H/t7-;/m1./s1. The molecule has 1 amide bonds. The van der Waals surface area contributed by atoms with Crippen molar-refractivity contribution in [2.45, 2.75) is 6.04 Å². The summed E-state index contributed by atoms with van der Waals surface area (Å²) in [5, 5.41) is 2.51. The van der Waals surface area contributed by atoms with Gasteiger partial charge in [-0.3, -0.25) is 0 Å². The molecule has 1 N–H and O–H groups in total. The van der Waals surface area contributed by atoms with E-state index in [0.717, 1.165) is 0 Å². The van der Waals surface area contributed by atoms with Crippen molar-refractivity contribution in [1.82, 2.24) is 5.32 Å². The first-order valence-electron chi connectivity index (χ1n) is 4.48. The van der Waals surface area contributed by atoms with Crippen LogP contribution in [0.1, 0.15) is 11.6 Å². The zero-order valence-electron chi connectivity index (χ0n) is 8.53. The van der Waals surface area contributed by atoms with E-state index < -0.39 is 18.0 Å². The molecule has 1 atom stereocenters. The zero-order valence-corrected chi connectivity index (χ0v) is 9.34. The van der Waals surface area contributed by atoms with Crippen LogP contribution in [0.5, 0.6) is 5.75 Å². The van der Waals surface area contributed by atoms with Crippen LogP contribution in [0.25, 0.3) is 0 Å². The summed E-state index contributed by atoms with van der Waals surface area (Å²) in [6.45, 7) is 0.142. The molecule has 1 aliphatic rings. The quantitative estimate of drug-likeness (QED) is 0.870. The SMILES string of the molecule is COc1cccc([C@H]2COC(=O)N2)c1F.Cl. The van der Waals surface area contributed by atoms with Gasteiger partial charge < -0.3 is 14.8 Å². The summed E-state index contributed by atoms with van der Waals surface area (Å²) in [6, 6.07) is 4.35. The van der Waals surface area contributed by atoms with E-state index in [1.54, 1.807) is 12.1 Å². The lowest BCUT2D eigenvalue weighted by Crippen LogP contribution is -2.19. The van der Waals surface area contributed by atoms with Gasteiger partial charge in [0.15, 0.2) is 11.6 Å². The molecule has 1 fully saturated rings. The molecule has 16 heavy (non-hydrogen) atoms. The highest BCUT2D eigenvalue weighted by Crippen LogP contribution is 2.26. The van der Waals surface area contributed by atoms with Crippen molar-refractivity contribution in [2.75, 3.05) is 13.7 Å². The zero-order chi connectivity index (χ0) is 10.8. The first kappa shape index (κ1) is 12.6. The van der Waals surface area contributed by atoms with Gasteiger partial charge in [0.05, 0.1) is 13.2 Å². The summed E-state index contributed by atoms with van der Waals surface area (Å²) in [5.41, 5.74) is 0.375. The molecule has 0 bridgehead atoms. The van der Waals surface area contributed by atoms with Gasteiger partial charge in [-0.2, -0.15) is 0 Å². The second-order valence-electron chi connectivity index (χ2n) is 3.16. The number of ether oxygens (including phenoxy) is 2. The Bertz CT molecular complexity index is 400. The highest BCUT2D eigenvalue weighted by Gasteiger charge is 2.27. The van der Waals surface area contributed by atoms with Crippen LogP contribution in [0.2, 0.25) is 0 Å². The van der Waals surface area contributed by atoms with E-state index in [0.29, 0.717) is 5.56 Å². The van der Waals surface area contributed by atoms with Crippen LogP contribution in [0.4, 0.5) is 9.18 Å². The number of rotatable bonds is 2. The Kier molecular flexibility index (Phi) is 3.95. The molecule has 0 aromatic heterocycles. The molecular weight excluding hydrogens is 237 g/mol. The van der Waals surface area contributed by atoms with E-state index in [2.05, 4.69) is 5.32 Å². The summed E-state index contributed by atoms with van der Waals surface area (Å²) in [5.74, 6) is -0.301. The Hall–Kier alpha value is -1.49. The van der Waals surface area contributed by atoms with Crippen LogP contribution in [0.15, 0.2) is 18.2 Å². The normalized spacial score (nSPS) is 18.4. The first-order valence-corrected chi connectivity index (χ1v) is 4.48. The molecular formula is C10H11ClFNO3. The van der Waals surface area contributed by atoms with Crippen molar-refractivity contribution in [3.63, 3.8) is 0 Å². The van der Waals surface area contributed by atoms with Gasteiger partial charge in [-0.15, -0.1) is 12.4 Å². The Morgan fingerprint density at radius 2 is 2.31 bits per heavy atom. The minimum Gasteiger partial charge on any atom is -0.494 e. The monoisotopic (exact) mass is 247 g/mol. The Morgan fingerprint density at radius 3 is 2.88 bits per heavy atom. The van der Waals surface area contributed by atoms with Crippen molar-refractivity contribution in [2.24, 2.45) is 0 Å². The Morgan fingerprint density at radius 1 is 1.56 bits per heavy atom. The van der Waals surface area contributed by atoms with E-state index in [9.17, 15) is 9.18 Å². The van der Waals surface area contributed by atoms with Crippen LogP contribution >= 0.6 is 12.4 Å². The Balaban J connectivity index is 0.00000128. The number of hydrogen-bond donors (Lipinski definition) is 1. The van der Waals surface area contributed by atoms with E-state index in [1.807, 2.05) is 0 Å². The number of nitrogens with one attached hydrogen (secondary N) is 1. The fraction of sp³-hybridized carbons (Fsp3) is 0.300. The number of carbonyl (C=O) groups excluding carboxylic acids is 1. The lowest BCUT2D eigenvalue weighted by Gasteiger charge is -2.11. The van der Waals surface area contributed by atoms with Gasteiger partial charge in [0, 0.05) is 5.56 Å². The molecule has 0 aliphatic carbocycles. The average molecular weight is 248 g/mol. The van der Waals surface area contributed by atoms with Crippen LogP contribution in [-0.4, -0.2) is 19.8 Å². The third-order valence-electron chi connectivity index (χ3n) is 2.26. The smallest absolute Gasteiger partial charge is 0.407 e. The number of halogens is 2. The second-order valence-corrected chi connectivity index (χ2v) is 3.16. The second kappa shape index (κ2) is 5.03. The molecule has 2 rings (SSSR count). The first-order chi connectivity index (χ1) is 7.22. The molecule has 6 heteroatoms. The van der Waals surface area contributed by atoms with Crippen molar-refractivity contribution in [1.29, 1.82) is 0 Å². The topological polar surface area (TPSA) is 47.6 Å². The van der Waals surface area contributed by atoms with Gasteiger partial charge >= 0.3 is 6.09 Å². The molecule has 0 radical (unpaired) electrons. The number of amides is 1. The number of methoxy groups -OCH3 is 1. The predicted octanol–water partition coefficient (Wildman–Crippen LogP) is 2.04. The highest BCUT2D eigenvalue weighted by molar-refractivity contribution is 5.85. The maximum atomic E-state index is 13.7. The molecule has 0 saturated carbocycles. The lowest BCUT2D eigenvalue weighted by atomic mass is 10.1. The molecule has 1 aromatic carbocycles. The summed E-state index contributed by atoms with van der Waals surface area (Å²) in [7, 11) is 1.39. The third kappa shape index (κ3) is 2.19. The van der Waals surface area contributed by atoms with Gasteiger partial charge in [0.2, 0.25) is 0 Å². The molecule has 1 aliphatic heterocycles. The van der Waals surface area contributed by atoms with Crippen molar-refractivity contribution in [3.05, 3.63) is 29.6 Å². The summed E-state index contributed by atoms with van der Waals surface area (Å²) in [4.78, 5) is 10.8. The number of cyclic esters (lactones) is 1. The minimum atomic E-state index is -0.526. The van der Waals surface area contributed by atoms with Crippen LogP contribution < -0.4 is 10.1 Å². The van der Waals surface area contributed by atoms with Crippen LogP contribution in [0, 0.1) is 5.82 Å². The fourth-order valence-corrected chi connectivity index (χ4v) is 1.51. The van der Waals surface area contributed by atoms with E-state index in [4.69, 9.17) is 9.47 Å². The average Bonchev–Trinajstić information content (AvgIpc) is 2.65. The van der Waals surface area contributed by atoms with Crippen LogP contribution in [0.3, 0.4) is 0 Å². The van der Waals surface area contributed by atoms with E-state index in [-0.39, 0.29) is 24.8 Å². The molecule has 1 heterocycles. The van der Waals surface area contributed by atoms with Crippen molar-refractivity contribution < 1.29 is 18.7 Å². The largest absolute Gasteiger partial charge is 0.494 e. The maximum Gasteiger partial charge on any atom is 0.407 e. The number of carbonyl (C=O) groups is 1. The summed E-state index contributed by atoms with van der Waals surface area (Å²) >= 11 is 0. The van der Waals surface area contributed by atoms with Crippen LogP contribution in [-0.2, 0) is 4.74 Å². The van der Waals surface area contributed by atoms with Gasteiger partial charge in [-0.1, -0.05) is 12.1 Å². The van der Waals surface area contributed by atoms with Gasteiger partial charge in [0.25, 0.3) is 0 Å². The minimum absolute atomic E-state index is 0. The van der Waals surface area contributed by atoms with Crippen molar-refractivity contribution in [3.8, 4) is 5.75 Å². The molecule has 1 aromatic rings. The maximum absolute atomic E-state index is 13.7. The number of benzene rings is 1. The molecule has 4 nitrogen and oxygen atoms in total. The fourth-order valence-electron chi connectivity index (χ4n) is 1.51. The van der Waals surface area contributed by atoms with E-state index in [1.165, 1.54) is 13.2 Å². The van der Waals surface area contributed by atoms with Gasteiger partial charge in [0.1, 0.15) is 6.61 Å². The summed E-state index contributed by atoms with van der Waals surface area (Å²) < 4.78 is 23.3. The molecule has 0 spiro atoms. The Labute approximate surface area is 98.1 Å². The molecule has 1 saturated heterocycles. The molecule has 0 unspecified atom stereocenters. The van der Waals surface area contributed by atoms with Gasteiger partial charge in [-0.25, -0.2) is 9.18 Å². The lowest BCUT2D eigenvalue weighted by molar-refractivity contribution is 0.176. The highest BCUT2D eigenvalue weighted by atomic mass is 35.5. The molecule has 88 valence electrons. The number of alkyl carbamates (subject to hydrolysis) is 1. The van der Waals surface area contributed by atoms with Crippen molar-refractivity contribution >= 4 is 18.5 Å². The predicted molar refractivity (Wildman–Crippen MR) is 57.4 cm³/mol. The third-order valence-corrected chi connectivity index (χ3v) is 2.26. The van der Waals surface area contributed by atoms with Gasteiger partial charge in [-0.05, 0) is 6.07 Å². The summed E-state index contributed by atoms with van der Waals surface area (Å²) in [6.07, 6.45) is -0.526. The number of hydrogen-bond acceptors (Lipinski definition) is 3. The van der Waals surface area contributed by atoms with E-state index >= 15 is 0 Å².